The molecule has 0 aromatic heterocycles. The van der Waals surface area contributed by atoms with Crippen LogP contribution < -0.4 is 15.4 Å². The van der Waals surface area contributed by atoms with Crippen molar-refractivity contribution in [3.05, 3.63) is 29.8 Å². The van der Waals surface area contributed by atoms with E-state index in [4.69, 9.17) is 4.74 Å². The molecule has 1 saturated heterocycles. The Kier molecular flexibility index (Phi) is 5.35. The highest BCUT2D eigenvalue weighted by atomic mass is 35.5. The fraction of sp³-hybridized carbons (Fsp3) is 0.588. The minimum atomic E-state index is -0.258. The number of fused-ring (bicyclic) bond motifs is 1. The number of rotatable bonds is 2. The Balaban J connectivity index is 0.00000176. The zero-order chi connectivity index (χ0) is 14.9. The Morgan fingerprint density at radius 1 is 1.32 bits per heavy atom. The SMILES string of the molecule is CC1(C)CC(NC(=O)C2CCCCN2)c2ccccc2O1.Cl. The number of piperidine rings is 1. The van der Waals surface area contributed by atoms with Gasteiger partial charge in [0.2, 0.25) is 5.91 Å². The average molecular weight is 325 g/mol. The van der Waals surface area contributed by atoms with Crippen LogP contribution in [0.4, 0.5) is 0 Å². The predicted molar refractivity (Wildman–Crippen MR) is 89.5 cm³/mol. The molecule has 2 heterocycles. The molecule has 0 bridgehead atoms. The topological polar surface area (TPSA) is 50.4 Å². The molecule has 1 aromatic rings. The summed E-state index contributed by atoms with van der Waals surface area (Å²) in [4.78, 5) is 12.5. The van der Waals surface area contributed by atoms with Gasteiger partial charge in [-0.15, -0.1) is 12.4 Å². The zero-order valence-electron chi connectivity index (χ0n) is 13.2. The molecule has 0 aliphatic carbocycles. The van der Waals surface area contributed by atoms with Crippen LogP contribution in [0.2, 0.25) is 0 Å². The van der Waals surface area contributed by atoms with E-state index in [9.17, 15) is 4.79 Å². The number of hydrogen-bond acceptors (Lipinski definition) is 3. The Labute approximate surface area is 138 Å². The third-order valence-electron chi connectivity index (χ3n) is 4.32. The molecule has 1 amide bonds. The molecule has 22 heavy (non-hydrogen) atoms. The number of carbonyl (C=O) groups is 1. The molecule has 0 saturated carbocycles. The van der Waals surface area contributed by atoms with Gasteiger partial charge in [-0.25, -0.2) is 0 Å². The third-order valence-corrected chi connectivity index (χ3v) is 4.32. The van der Waals surface area contributed by atoms with E-state index in [-0.39, 0.29) is 36.0 Å². The number of carbonyl (C=O) groups excluding carboxylic acids is 1. The average Bonchev–Trinajstić information content (AvgIpc) is 2.47. The van der Waals surface area contributed by atoms with E-state index in [1.165, 1.54) is 0 Å². The summed E-state index contributed by atoms with van der Waals surface area (Å²) in [5.74, 6) is 1.00. The molecule has 2 aliphatic heterocycles. The summed E-state index contributed by atoms with van der Waals surface area (Å²) >= 11 is 0. The lowest BCUT2D eigenvalue weighted by Gasteiger charge is -2.38. The van der Waals surface area contributed by atoms with Crippen molar-refractivity contribution in [3.8, 4) is 5.75 Å². The maximum Gasteiger partial charge on any atom is 0.237 e. The van der Waals surface area contributed by atoms with Crippen molar-refractivity contribution in [2.75, 3.05) is 6.54 Å². The van der Waals surface area contributed by atoms with Crippen molar-refractivity contribution in [1.29, 1.82) is 0 Å². The van der Waals surface area contributed by atoms with Crippen LogP contribution in [0.3, 0.4) is 0 Å². The van der Waals surface area contributed by atoms with E-state index in [0.717, 1.165) is 43.5 Å². The largest absolute Gasteiger partial charge is 0.487 e. The van der Waals surface area contributed by atoms with Crippen molar-refractivity contribution in [2.45, 2.75) is 57.2 Å². The highest BCUT2D eigenvalue weighted by molar-refractivity contribution is 5.85. The van der Waals surface area contributed by atoms with Crippen LogP contribution in [0, 0.1) is 0 Å². The minimum absolute atomic E-state index is 0. The lowest BCUT2D eigenvalue weighted by molar-refractivity contribution is -0.125. The second-order valence-electron chi connectivity index (χ2n) is 6.67. The van der Waals surface area contributed by atoms with Crippen molar-refractivity contribution in [2.24, 2.45) is 0 Å². The van der Waals surface area contributed by atoms with Crippen molar-refractivity contribution >= 4 is 18.3 Å². The van der Waals surface area contributed by atoms with Crippen LogP contribution in [0.25, 0.3) is 0 Å². The van der Waals surface area contributed by atoms with E-state index in [1.807, 2.05) is 24.3 Å². The van der Waals surface area contributed by atoms with E-state index in [1.54, 1.807) is 0 Å². The Morgan fingerprint density at radius 2 is 2.09 bits per heavy atom. The lowest BCUT2D eigenvalue weighted by atomic mass is 9.89. The highest BCUT2D eigenvalue weighted by Gasteiger charge is 2.35. The normalized spacial score (nSPS) is 26.1. The van der Waals surface area contributed by atoms with Crippen LogP contribution in [0.1, 0.15) is 51.1 Å². The molecule has 4 nitrogen and oxygen atoms in total. The van der Waals surface area contributed by atoms with Gasteiger partial charge in [0, 0.05) is 12.0 Å². The van der Waals surface area contributed by atoms with Crippen LogP contribution in [0.5, 0.6) is 5.75 Å². The van der Waals surface area contributed by atoms with Gasteiger partial charge in [0.05, 0.1) is 12.1 Å². The predicted octanol–water partition coefficient (Wildman–Crippen LogP) is 2.97. The van der Waals surface area contributed by atoms with Gasteiger partial charge in [0.1, 0.15) is 11.4 Å². The Morgan fingerprint density at radius 3 is 2.82 bits per heavy atom. The second kappa shape index (κ2) is 6.88. The van der Waals surface area contributed by atoms with E-state index in [2.05, 4.69) is 24.5 Å². The summed E-state index contributed by atoms with van der Waals surface area (Å²) in [5.41, 5.74) is 0.827. The van der Waals surface area contributed by atoms with Crippen molar-refractivity contribution in [1.82, 2.24) is 10.6 Å². The summed E-state index contributed by atoms with van der Waals surface area (Å²) in [6.07, 6.45) is 4.01. The lowest BCUT2D eigenvalue weighted by Crippen LogP contribution is -2.49. The van der Waals surface area contributed by atoms with Gasteiger partial charge in [0.15, 0.2) is 0 Å². The Bertz CT molecular complexity index is 527. The number of amides is 1. The van der Waals surface area contributed by atoms with Crippen LogP contribution in [-0.2, 0) is 4.79 Å². The van der Waals surface area contributed by atoms with Crippen molar-refractivity contribution in [3.63, 3.8) is 0 Å². The molecule has 122 valence electrons. The fourth-order valence-corrected chi connectivity index (χ4v) is 3.28. The molecule has 0 radical (unpaired) electrons. The van der Waals surface area contributed by atoms with Gasteiger partial charge in [-0.2, -0.15) is 0 Å². The molecule has 2 N–H and O–H groups in total. The van der Waals surface area contributed by atoms with Crippen molar-refractivity contribution < 1.29 is 9.53 Å². The summed E-state index contributed by atoms with van der Waals surface area (Å²) in [7, 11) is 0. The standard InChI is InChI=1S/C17H24N2O2.ClH/c1-17(2)11-14(12-7-3-4-9-15(12)21-17)19-16(20)13-8-5-6-10-18-13;/h3-4,7,9,13-14,18H,5-6,8,10-11H2,1-2H3,(H,19,20);1H. The number of para-hydroxylation sites is 1. The minimum Gasteiger partial charge on any atom is -0.487 e. The maximum atomic E-state index is 12.5. The monoisotopic (exact) mass is 324 g/mol. The van der Waals surface area contributed by atoms with E-state index >= 15 is 0 Å². The third kappa shape index (κ3) is 3.73. The van der Waals surface area contributed by atoms with Gasteiger partial charge in [0.25, 0.3) is 0 Å². The first-order chi connectivity index (χ1) is 10.1. The first-order valence-corrected chi connectivity index (χ1v) is 7.87. The summed E-state index contributed by atoms with van der Waals surface area (Å²) in [5, 5.41) is 6.53. The molecule has 1 fully saturated rings. The van der Waals surface area contributed by atoms with E-state index < -0.39 is 0 Å². The molecule has 5 heteroatoms. The van der Waals surface area contributed by atoms with Gasteiger partial charge in [-0.1, -0.05) is 24.6 Å². The number of nitrogens with one attached hydrogen (secondary N) is 2. The van der Waals surface area contributed by atoms with Gasteiger partial charge in [-0.3, -0.25) is 4.79 Å². The summed E-state index contributed by atoms with van der Waals surface area (Å²) < 4.78 is 6.01. The number of hydrogen-bond donors (Lipinski definition) is 2. The molecule has 0 spiro atoms. The van der Waals surface area contributed by atoms with Crippen LogP contribution in [0.15, 0.2) is 24.3 Å². The van der Waals surface area contributed by atoms with E-state index in [0.29, 0.717) is 0 Å². The molecular weight excluding hydrogens is 300 g/mol. The molecule has 1 aromatic carbocycles. The van der Waals surface area contributed by atoms with Crippen LogP contribution in [-0.4, -0.2) is 24.1 Å². The molecule has 2 unspecified atom stereocenters. The highest BCUT2D eigenvalue weighted by Crippen LogP contribution is 2.39. The summed E-state index contributed by atoms with van der Waals surface area (Å²) in [6.45, 7) is 5.08. The number of ether oxygens (including phenoxy) is 1. The first kappa shape index (κ1) is 17.1. The molecule has 3 rings (SSSR count). The molecule has 2 atom stereocenters. The number of halogens is 1. The maximum absolute atomic E-state index is 12.5. The van der Waals surface area contributed by atoms with Gasteiger partial charge in [-0.05, 0) is 39.3 Å². The first-order valence-electron chi connectivity index (χ1n) is 7.87. The summed E-state index contributed by atoms with van der Waals surface area (Å²) in [6, 6.07) is 7.98. The zero-order valence-corrected chi connectivity index (χ0v) is 14.0. The van der Waals surface area contributed by atoms with Gasteiger partial charge >= 0.3 is 0 Å². The van der Waals surface area contributed by atoms with Crippen LogP contribution >= 0.6 is 12.4 Å². The smallest absolute Gasteiger partial charge is 0.237 e. The Hall–Kier alpha value is -1.26. The fourth-order valence-electron chi connectivity index (χ4n) is 3.28. The van der Waals surface area contributed by atoms with Gasteiger partial charge < -0.3 is 15.4 Å². The molecule has 2 aliphatic rings. The second-order valence-corrected chi connectivity index (χ2v) is 6.67. The quantitative estimate of drug-likeness (QED) is 0.879. The number of benzene rings is 1. The molecular formula is C17H25ClN2O2.